The summed E-state index contributed by atoms with van der Waals surface area (Å²) in [6.45, 7) is 2.71. The summed E-state index contributed by atoms with van der Waals surface area (Å²) in [4.78, 5) is 11.0. The second-order valence-electron chi connectivity index (χ2n) is 3.83. The first-order chi connectivity index (χ1) is 7.61. The molecule has 0 radical (unpaired) electrons. The summed E-state index contributed by atoms with van der Waals surface area (Å²) in [6.07, 6.45) is 2.31. The maximum atomic E-state index is 12.5. The largest absolute Gasteiger partial charge is 0.306 e. The quantitative estimate of drug-likeness (QED) is 0.827. The minimum atomic E-state index is -2.03. The maximum Gasteiger partial charge on any atom is 0.275 e. The molecule has 1 saturated carbocycles. The lowest BCUT2D eigenvalue weighted by Gasteiger charge is -2.01. The third-order valence-electron chi connectivity index (χ3n) is 2.56. The molecule has 1 N–H and O–H groups in total. The zero-order valence-electron chi connectivity index (χ0n) is 8.91. The van der Waals surface area contributed by atoms with E-state index in [2.05, 4.69) is 10.4 Å². The molecule has 6 heteroatoms. The van der Waals surface area contributed by atoms with Gasteiger partial charge in [-0.2, -0.15) is 5.10 Å². The smallest absolute Gasteiger partial charge is 0.275 e. The Balaban J connectivity index is 2.13. The predicted molar refractivity (Wildman–Crippen MR) is 59.3 cm³/mol. The summed E-state index contributed by atoms with van der Waals surface area (Å²) >= 11 is 5.02. The van der Waals surface area contributed by atoms with Crippen molar-refractivity contribution in [2.45, 2.75) is 37.9 Å². The van der Waals surface area contributed by atoms with Crippen molar-refractivity contribution in [2.75, 3.05) is 5.32 Å². The van der Waals surface area contributed by atoms with Gasteiger partial charge < -0.3 is 5.32 Å². The molecule has 1 amide bonds. The van der Waals surface area contributed by atoms with Crippen LogP contribution in [0.2, 0.25) is 0 Å². The predicted octanol–water partition coefficient (Wildman–Crippen LogP) is 2.25. The zero-order valence-corrected chi connectivity index (χ0v) is 9.67. The molecule has 1 heterocycles. The van der Waals surface area contributed by atoms with Crippen molar-refractivity contribution in [3.8, 4) is 0 Å². The number of alkyl halides is 2. The van der Waals surface area contributed by atoms with Gasteiger partial charge in [0.1, 0.15) is 0 Å². The Morgan fingerprint density at radius 2 is 2.50 bits per heavy atom. The molecule has 0 saturated heterocycles. The minimum Gasteiger partial charge on any atom is -0.306 e. The number of aryl methyl sites for hydroxylation is 1. The van der Waals surface area contributed by atoms with E-state index in [4.69, 9.17) is 11.6 Å². The Kier molecular flexibility index (Phi) is 3.14. The van der Waals surface area contributed by atoms with Crippen molar-refractivity contribution in [3.63, 3.8) is 0 Å². The van der Waals surface area contributed by atoms with Crippen molar-refractivity contribution in [2.24, 2.45) is 0 Å². The first-order valence-corrected chi connectivity index (χ1v) is 5.72. The van der Waals surface area contributed by atoms with Gasteiger partial charge in [0.2, 0.25) is 0 Å². The molecule has 1 aliphatic carbocycles. The molecule has 1 aromatic rings. The van der Waals surface area contributed by atoms with Gasteiger partial charge in [-0.05, 0) is 19.8 Å². The van der Waals surface area contributed by atoms with Gasteiger partial charge in [0.15, 0.2) is 5.82 Å². The molecule has 1 aromatic heterocycles. The summed E-state index contributed by atoms with van der Waals surface area (Å²) in [7, 11) is 0. The van der Waals surface area contributed by atoms with Gasteiger partial charge in [0, 0.05) is 24.2 Å². The number of carbonyl (C=O) groups excluding carboxylic acids is 1. The number of carbonyl (C=O) groups is 1. The highest BCUT2D eigenvalue weighted by Crippen LogP contribution is 2.40. The van der Waals surface area contributed by atoms with Crippen LogP contribution in [-0.2, 0) is 11.3 Å². The van der Waals surface area contributed by atoms with E-state index in [0.717, 1.165) is 25.1 Å². The highest BCUT2D eigenvalue weighted by atomic mass is 35.5. The van der Waals surface area contributed by atoms with Gasteiger partial charge >= 0.3 is 0 Å². The van der Waals surface area contributed by atoms with Crippen LogP contribution in [0.4, 0.5) is 10.2 Å². The summed E-state index contributed by atoms with van der Waals surface area (Å²) in [6, 6.07) is 1.79. The van der Waals surface area contributed by atoms with E-state index in [-0.39, 0.29) is 0 Å². The zero-order chi connectivity index (χ0) is 11.7. The monoisotopic (exact) mass is 245 g/mol. The molecule has 1 aliphatic rings. The number of aromatic nitrogens is 2. The molecule has 1 unspecified atom stereocenters. The van der Waals surface area contributed by atoms with Crippen LogP contribution in [0.5, 0.6) is 0 Å². The Labute approximate surface area is 97.8 Å². The van der Waals surface area contributed by atoms with Crippen LogP contribution in [0.3, 0.4) is 0 Å². The number of hydrogen-bond acceptors (Lipinski definition) is 2. The second-order valence-corrected chi connectivity index (χ2v) is 4.22. The minimum absolute atomic E-state index is 0.372. The molecule has 0 spiro atoms. The molecule has 16 heavy (non-hydrogen) atoms. The Morgan fingerprint density at radius 3 is 3.00 bits per heavy atom. The van der Waals surface area contributed by atoms with Gasteiger partial charge in [-0.1, -0.05) is 11.6 Å². The SMILES string of the molecule is CCn1nc(NC(=O)C(F)Cl)cc1C1CC1. The molecule has 88 valence electrons. The topological polar surface area (TPSA) is 46.9 Å². The van der Waals surface area contributed by atoms with Crippen LogP contribution in [0, 0.1) is 0 Å². The number of nitrogens with zero attached hydrogens (tertiary/aromatic N) is 2. The summed E-state index contributed by atoms with van der Waals surface area (Å²) < 4.78 is 14.3. The first kappa shape index (κ1) is 11.4. The molecule has 0 aliphatic heterocycles. The van der Waals surface area contributed by atoms with Crippen molar-refractivity contribution >= 4 is 23.3 Å². The number of hydrogen-bond donors (Lipinski definition) is 1. The Bertz CT molecular complexity index is 401. The molecule has 0 bridgehead atoms. The van der Waals surface area contributed by atoms with Gasteiger partial charge in [0.25, 0.3) is 11.5 Å². The highest BCUT2D eigenvalue weighted by molar-refractivity contribution is 6.31. The lowest BCUT2D eigenvalue weighted by atomic mass is 10.3. The van der Waals surface area contributed by atoms with E-state index in [9.17, 15) is 9.18 Å². The van der Waals surface area contributed by atoms with Gasteiger partial charge in [0.05, 0.1) is 0 Å². The Hall–Kier alpha value is -1.10. The number of anilines is 1. The lowest BCUT2D eigenvalue weighted by molar-refractivity contribution is -0.118. The molecular formula is C10H13ClFN3O. The van der Waals surface area contributed by atoms with Crippen molar-refractivity contribution in [3.05, 3.63) is 11.8 Å². The van der Waals surface area contributed by atoms with E-state index in [1.807, 2.05) is 11.6 Å². The van der Waals surface area contributed by atoms with E-state index in [1.165, 1.54) is 0 Å². The number of rotatable bonds is 4. The average Bonchev–Trinajstić information content (AvgIpc) is 3.00. The molecule has 2 rings (SSSR count). The van der Waals surface area contributed by atoms with Crippen molar-refractivity contribution < 1.29 is 9.18 Å². The Morgan fingerprint density at radius 1 is 1.81 bits per heavy atom. The lowest BCUT2D eigenvalue weighted by Crippen LogP contribution is -2.19. The average molecular weight is 246 g/mol. The summed E-state index contributed by atoms with van der Waals surface area (Å²) in [5.41, 5.74) is -0.932. The van der Waals surface area contributed by atoms with E-state index in [1.54, 1.807) is 6.07 Å². The molecule has 0 aromatic carbocycles. The van der Waals surface area contributed by atoms with Gasteiger partial charge in [-0.3, -0.25) is 9.48 Å². The third kappa shape index (κ3) is 2.35. The maximum absolute atomic E-state index is 12.5. The van der Waals surface area contributed by atoms with E-state index >= 15 is 0 Å². The fraction of sp³-hybridized carbons (Fsp3) is 0.600. The standard InChI is InChI=1S/C10H13ClFN3O/c1-2-15-7(6-3-4-6)5-8(14-15)13-10(16)9(11)12/h5-6,9H,2-4H2,1H3,(H,13,14,16). The third-order valence-corrected chi connectivity index (χ3v) is 2.75. The second kappa shape index (κ2) is 4.41. The van der Waals surface area contributed by atoms with Crippen LogP contribution in [0.15, 0.2) is 6.07 Å². The number of nitrogens with one attached hydrogen (secondary N) is 1. The van der Waals surface area contributed by atoms with Crippen LogP contribution in [-0.4, -0.2) is 21.3 Å². The van der Waals surface area contributed by atoms with Crippen LogP contribution >= 0.6 is 11.6 Å². The van der Waals surface area contributed by atoms with E-state index in [0.29, 0.717) is 11.7 Å². The highest BCUT2D eigenvalue weighted by Gasteiger charge is 2.28. The summed E-state index contributed by atoms with van der Waals surface area (Å²) in [5.74, 6) is 0.0390. The fourth-order valence-electron chi connectivity index (χ4n) is 1.63. The van der Waals surface area contributed by atoms with Gasteiger partial charge in [-0.15, -0.1) is 0 Å². The number of amides is 1. The molecular weight excluding hydrogens is 233 g/mol. The normalized spacial score (nSPS) is 17.2. The molecule has 1 fully saturated rings. The van der Waals surface area contributed by atoms with Crippen molar-refractivity contribution in [1.29, 1.82) is 0 Å². The number of halogens is 2. The van der Waals surface area contributed by atoms with Gasteiger partial charge in [-0.25, -0.2) is 4.39 Å². The fourth-order valence-corrected chi connectivity index (χ4v) is 1.69. The molecule has 1 atom stereocenters. The van der Waals surface area contributed by atoms with E-state index < -0.39 is 11.5 Å². The first-order valence-electron chi connectivity index (χ1n) is 5.28. The molecule has 4 nitrogen and oxygen atoms in total. The van der Waals surface area contributed by atoms with Crippen molar-refractivity contribution in [1.82, 2.24) is 9.78 Å². The van der Waals surface area contributed by atoms with Crippen LogP contribution in [0.25, 0.3) is 0 Å². The van der Waals surface area contributed by atoms with Crippen LogP contribution in [0.1, 0.15) is 31.4 Å². The van der Waals surface area contributed by atoms with Crippen LogP contribution < -0.4 is 5.32 Å². The summed E-state index contributed by atoms with van der Waals surface area (Å²) in [5, 5.41) is 6.51.